The maximum absolute atomic E-state index is 11.4. The number of carbonyl (C=O) groups excluding carboxylic acids is 1. The number of hydrogen-bond acceptors (Lipinski definition) is 2. The molecule has 0 aliphatic carbocycles. The van der Waals surface area contributed by atoms with E-state index in [1.165, 1.54) is 5.56 Å². The van der Waals surface area contributed by atoms with Crippen molar-refractivity contribution in [2.75, 3.05) is 11.9 Å². The third-order valence-corrected chi connectivity index (χ3v) is 2.99. The maximum atomic E-state index is 11.4. The molecule has 2 rings (SSSR count). The van der Waals surface area contributed by atoms with E-state index in [-0.39, 0.29) is 11.9 Å². The van der Waals surface area contributed by atoms with Crippen LogP contribution in [-0.4, -0.2) is 18.5 Å². The fourth-order valence-electron chi connectivity index (χ4n) is 2.05. The van der Waals surface area contributed by atoms with Crippen LogP contribution in [0.3, 0.4) is 0 Å². The number of para-hydroxylation sites is 1. The van der Waals surface area contributed by atoms with Gasteiger partial charge >= 0.3 is 0 Å². The normalized spacial score (nSPS) is 21.1. The first-order chi connectivity index (χ1) is 7.75. The molecule has 16 heavy (non-hydrogen) atoms. The topological polar surface area (TPSA) is 41.1 Å². The molecule has 1 atom stereocenters. The number of nitrogens with one attached hydrogen (secondary N) is 2. The van der Waals surface area contributed by atoms with Gasteiger partial charge in [0.05, 0.1) is 0 Å². The predicted octanol–water partition coefficient (Wildman–Crippen LogP) is 2.08. The van der Waals surface area contributed by atoms with Crippen LogP contribution in [0, 0.1) is 6.92 Å². The summed E-state index contributed by atoms with van der Waals surface area (Å²) in [7, 11) is 0. The van der Waals surface area contributed by atoms with E-state index in [0.717, 1.165) is 25.1 Å². The molecule has 0 radical (unpaired) electrons. The average Bonchev–Trinajstić information content (AvgIpc) is 2.46. The third-order valence-electron chi connectivity index (χ3n) is 2.99. The van der Waals surface area contributed by atoms with Gasteiger partial charge in [0.25, 0.3) is 0 Å². The molecule has 1 aliphatic rings. The molecule has 0 bridgehead atoms. The second kappa shape index (κ2) is 5.01. The van der Waals surface area contributed by atoms with Crippen molar-refractivity contribution < 1.29 is 4.79 Å². The number of rotatable bonds is 2. The minimum atomic E-state index is 0.156. The van der Waals surface area contributed by atoms with Crippen LogP contribution in [0.15, 0.2) is 24.3 Å². The van der Waals surface area contributed by atoms with E-state index in [4.69, 9.17) is 0 Å². The zero-order chi connectivity index (χ0) is 11.4. The standard InChI is InChI=1S/C13H18N2O/c1-10-5-2-3-7-12(10)15-11-6-4-8-14-13(16)9-11/h2-3,5,7,11,15H,4,6,8-9H2,1H3,(H,14,16). The highest BCUT2D eigenvalue weighted by Gasteiger charge is 2.17. The van der Waals surface area contributed by atoms with Crippen LogP contribution in [0.1, 0.15) is 24.8 Å². The van der Waals surface area contributed by atoms with Gasteiger partial charge in [-0.25, -0.2) is 0 Å². The molecule has 86 valence electrons. The molecule has 0 saturated carbocycles. The molecule has 1 unspecified atom stereocenters. The average molecular weight is 218 g/mol. The molecule has 3 nitrogen and oxygen atoms in total. The molecule has 1 aromatic rings. The second-order valence-electron chi connectivity index (χ2n) is 4.35. The first kappa shape index (κ1) is 11.0. The van der Waals surface area contributed by atoms with Crippen LogP contribution >= 0.6 is 0 Å². The summed E-state index contributed by atoms with van der Waals surface area (Å²) in [4.78, 5) is 11.4. The summed E-state index contributed by atoms with van der Waals surface area (Å²) in [6.45, 7) is 2.89. The van der Waals surface area contributed by atoms with Crippen LogP contribution in [0.4, 0.5) is 5.69 Å². The van der Waals surface area contributed by atoms with Gasteiger partial charge in [-0.1, -0.05) is 18.2 Å². The van der Waals surface area contributed by atoms with Crippen molar-refractivity contribution in [1.82, 2.24) is 5.32 Å². The lowest BCUT2D eigenvalue weighted by molar-refractivity contribution is -0.120. The SMILES string of the molecule is Cc1ccccc1NC1CCCNC(=O)C1. The van der Waals surface area contributed by atoms with Crippen molar-refractivity contribution in [2.45, 2.75) is 32.2 Å². The third kappa shape index (κ3) is 2.75. The molecule has 1 amide bonds. The van der Waals surface area contributed by atoms with Gasteiger partial charge < -0.3 is 10.6 Å². The fraction of sp³-hybridized carbons (Fsp3) is 0.462. The lowest BCUT2D eigenvalue weighted by atomic mass is 10.1. The zero-order valence-corrected chi connectivity index (χ0v) is 9.62. The van der Waals surface area contributed by atoms with Crippen LogP contribution < -0.4 is 10.6 Å². The van der Waals surface area contributed by atoms with Gasteiger partial charge in [-0.05, 0) is 31.4 Å². The lowest BCUT2D eigenvalue weighted by Crippen LogP contribution is -2.27. The largest absolute Gasteiger partial charge is 0.382 e. The Morgan fingerprint density at radius 1 is 1.38 bits per heavy atom. The summed E-state index contributed by atoms with van der Waals surface area (Å²) >= 11 is 0. The van der Waals surface area contributed by atoms with E-state index in [2.05, 4.69) is 29.7 Å². The fourth-order valence-corrected chi connectivity index (χ4v) is 2.05. The van der Waals surface area contributed by atoms with E-state index >= 15 is 0 Å². The van der Waals surface area contributed by atoms with Crippen molar-refractivity contribution in [2.24, 2.45) is 0 Å². The number of aryl methyl sites for hydroxylation is 1. The molecule has 1 heterocycles. The minimum absolute atomic E-state index is 0.156. The Morgan fingerprint density at radius 2 is 2.19 bits per heavy atom. The first-order valence-electron chi connectivity index (χ1n) is 5.84. The Morgan fingerprint density at radius 3 is 3.00 bits per heavy atom. The highest BCUT2D eigenvalue weighted by molar-refractivity contribution is 5.77. The number of carbonyl (C=O) groups is 1. The predicted molar refractivity (Wildman–Crippen MR) is 65.5 cm³/mol. The smallest absolute Gasteiger partial charge is 0.222 e. The molecule has 3 heteroatoms. The van der Waals surface area contributed by atoms with Crippen LogP contribution in [0.25, 0.3) is 0 Å². The Bertz CT molecular complexity index is 376. The summed E-state index contributed by atoms with van der Waals surface area (Å²) in [5.41, 5.74) is 2.37. The van der Waals surface area contributed by atoms with E-state index in [9.17, 15) is 4.79 Å². The van der Waals surface area contributed by atoms with Gasteiger partial charge in [0.1, 0.15) is 0 Å². The number of amides is 1. The van der Waals surface area contributed by atoms with Gasteiger partial charge in [-0.3, -0.25) is 4.79 Å². The van der Waals surface area contributed by atoms with Gasteiger partial charge in [-0.2, -0.15) is 0 Å². The van der Waals surface area contributed by atoms with Crippen molar-refractivity contribution in [1.29, 1.82) is 0 Å². The molecule has 1 aromatic carbocycles. The zero-order valence-electron chi connectivity index (χ0n) is 9.62. The van der Waals surface area contributed by atoms with Crippen molar-refractivity contribution in [3.63, 3.8) is 0 Å². The van der Waals surface area contributed by atoms with Gasteiger partial charge in [0, 0.05) is 24.7 Å². The Hall–Kier alpha value is -1.51. The van der Waals surface area contributed by atoms with Crippen molar-refractivity contribution in [3.8, 4) is 0 Å². The summed E-state index contributed by atoms with van der Waals surface area (Å²) in [5, 5.41) is 6.35. The molecule has 2 N–H and O–H groups in total. The van der Waals surface area contributed by atoms with Crippen LogP contribution in [-0.2, 0) is 4.79 Å². The number of benzene rings is 1. The van der Waals surface area contributed by atoms with Crippen LogP contribution in [0.2, 0.25) is 0 Å². The van der Waals surface area contributed by atoms with Crippen LogP contribution in [0.5, 0.6) is 0 Å². The first-order valence-corrected chi connectivity index (χ1v) is 5.84. The molecular formula is C13H18N2O. The van der Waals surface area contributed by atoms with E-state index in [0.29, 0.717) is 6.42 Å². The molecular weight excluding hydrogens is 200 g/mol. The monoisotopic (exact) mass is 218 g/mol. The van der Waals surface area contributed by atoms with Crippen molar-refractivity contribution >= 4 is 11.6 Å². The number of hydrogen-bond donors (Lipinski definition) is 2. The van der Waals surface area contributed by atoms with Gasteiger partial charge in [0.15, 0.2) is 0 Å². The Balaban J connectivity index is 2.03. The second-order valence-corrected chi connectivity index (χ2v) is 4.35. The number of anilines is 1. The summed E-state index contributed by atoms with van der Waals surface area (Å²) in [6, 6.07) is 8.47. The molecule has 1 aliphatic heterocycles. The summed E-state index contributed by atoms with van der Waals surface area (Å²) in [5.74, 6) is 0.156. The Labute approximate surface area is 96.2 Å². The molecule has 1 fully saturated rings. The minimum Gasteiger partial charge on any atom is -0.382 e. The lowest BCUT2D eigenvalue weighted by Gasteiger charge is -2.18. The quantitative estimate of drug-likeness (QED) is 0.798. The van der Waals surface area contributed by atoms with Gasteiger partial charge in [0.2, 0.25) is 5.91 Å². The highest BCUT2D eigenvalue weighted by Crippen LogP contribution is 2.18. The molecule has 0 aromatic heterocycles. The summed E-state index contributed by atoms with van der Waals surface area (Å²) in [6.07, 6.45) is 2.68. The maximum Gasteiger partial charge on any atom is 0.222 e. The van der Waals surface area contributed by atoms with E-state index in [1.54, 1.807) is 0 Å². The van der Waals surface area contributed by atoms with E-state index < -0.39 is 0 Å². The Kier molecular flexibility index (Phi) is 3.44. The van der Waals surface area contributed by atoms with Crippen molar-refractivity contribution in [3.05, 3.63) is 29.8 Å². The molecule has 1 saturated heterocycles. The highest BCUT2D eigenvalue weighted by atomic mass is 16.1. The van der Waals surface area contributed by atoms with Gasteiger partial charge in [-0.15, -0.1) is 0 Å². The molecule has 0 spiro atoms. The summed E-state index contributed by atoms with van der Waals surface area (Å²) < 4.78 is 0. The van der Waals surface area contributed by atoms with E-state index in [1.807, 2.05) is 12.1 Å².